The Morgan fingerprint density at radius 1 is 1.39 bits per heavy atom. The molecule has 1 aliphatic rings. The monoisotopic (exact) mass is 433 g/mol. The lowest BCUT2D eigenvalue weighted by Gasteiger charge is -2.29. The van der Waals surface area contributed by atoms with Crippen molar-refractivity contribution >= 4 is 33.2 Å². The quantitative estimate of drug-likeness (QED) is 0.591. The van der Waals surface area contributed by atoms with E-state index in [0.717, 1.165) is 49.8 Å². The van der Waals surface area contributed by atoms with Crippen LogP contribution in [-0.4, -0.2) is 78.0 Å². The summed E-state index contributed by atoms with van der Waals surface area (Å²) in [6.07, 6.45) is 1.85. The molecule has 10 heteroatoms. The van der Waals surface area contributed by atoms with Crippen molar-refractivity contribution in [3.05, 3.63) is 23.2 Å². The molecule has 158 valence electrons. The van der Waals surface area contributed by atoms with Crippen molar-refractivity contribution in [2.75, 3.05) is 57.1 Å². The van der Waals surface area contributed by atoms with Gasteiger partial charge in [0.2, 0.25) is 15.9 Å². The van der Waals surface area contributed by atoms with Gasteiger partial charge in [-0.05, 0) is 38.1 Å². The molecule has 28 heavy (non-hydrogen) atoms. The van der Waals surface area contributed by atoms with Crippen LogP contribution < -0.4 is 14.4 Å². The first kappa shape index (κ1) is 22.7. The predicted octanol–water partition coefficient (Wildman–Crippen LogP) is 1.34. The van der Waals surface area contributed by atoms with Crippen LogP contribution in [0.3, 0.4) is 0 Å². The van der Waals surface area contributed by atoms with E-state index in [4.69, 9.17) is 21.1 Å². The van der Waals surface area contributed by atoms with E-state index in [9.17, 15) is 13.2 Å². The maximum absolute atomic E-state index is 12.6. The number of rotatable bonds is 9. The SMILES string of the molecule is COc1ccc(N([C@H](C)C(=O)NCCCN2CCOCC2)S(C)(=O)=O)cc1Cl. The molecule has 0 bridgehead atoms. The predicted molar refractivity (Wildman–Crippen MR) is 110 cm³/mol. The molecule has 1 amide bonds. The van der Waals surface area contributed by atoms with Crippen LogP contribution in [0.25, 0.3) is 0 Å². The first-order valence-corrected chi connectivity index (χ1v) is 11.4. The number of sulfonamides is 1. The third kappa shape index (κ3) is 6.23. The standard InChI is InChI=1S/C18H28ClN3O5S/c1-14(18(23)20-7-4-8-21-9-11-27-12-10-21)22(28(3,24)25)15-5-6-17(26-2)16(19)13-15/h5-6,13-14H,4,7-12H2,1-3H3,(H,20,23)/t14-/m1/s1. The topological polar surface area (TPSA) is 88.2 Å². The van der Waals surface area contributed by atoms with Gasteiger partial charge >= 0.3 is 0 Å². The number of anilines is 1. The molecule has 1 heterocycles. The fourth-order valence-corrected chi connectivity index (χ4v) is 4.51. The molecule has 1 N–H and O–H groups in total. The Morgan fingerprint density at radius 3 is 2.64 bits per heavy atom. The Bertz CT molecular complexity index is 768. The van der Waals surface area contributed by atoms with Gasteiger partial charge in [0.05, 0.1) is 37.3 Å². The molecule has 8 nitrogen and oxygen atoms in total. The van der Waals surface area contributed by atoms with Crippen molar-refractivity contribution in [1.29, 1.82) is 0 Å². The smallest absolute Gasteiger partial charge is 0.243 e. The van der Waals surface area contributed by atoms with Crippen LogP contribution in [0.4, 0.5) is 5.69 Å². The number of methoxy groups -OCH3 is 1. The summed E-state index contributed by atoms with van der Waals surface area (Å²) in [5, 5.41) is 3.09. The number of amides is 1. The van der Waals surface area contributed by atoms with E-state index in [-0.39, 0.29) is 10.9 Å². The van der Waals surface area contributed by atoms with Crippen LogP contribution in [-0.2, 0) is 19.6 Å². The largest absolute Gasteiger partial charge is 0.495 e. The Kier molecular flexibility index (Phi) is 8.36. The third-order valence-corrected chi connectivity index (χ3v) is 6.07. The number of hydrogen-bond acceptors (Lipinski definition) is 6. The zero-order valence-electron chi connectivity index (χ0n) is 16.5. The molecular formula is C18H28ClN3O5S. The number of benzene rings is 1. The summed E-state index contributed by atoms with van der Waals surface area (Å²) in [6, 6.07) is 3.70. The summed E-state index contributed by atoms with van der Waals surface area (Å²) in [5.41, 5.74) is 0.310. The highest BCUT2D eigenvalue weighted by Crippen LogP contribution is 2.31. The van der Waals surface area contributed by atoms with Crippen molar-refractivity contribution in [2.45, 2.75) is 19.4 Å². The van der Waals surface area contributed by atoms with Crippen LogP contribution >= 0.6 is 11.6 Å². The van der Waals surface area contributed by atoms with Gasteiger partial charge < -0.3 is 14.8 Å². The Balaban J connectivity index is 1.99. The van der Waals surface area contributed by atoms with Gasteiger partial charge in [-0.25, -0.2) is 8.42 Å². The second kappa shape index (κ2) is 10.3. The van der Waals surface area contributed by atoms with Crippen molar-refractivity contribution in [2.24, 2.45) is 0 Å². The lowest BCUT2D eigenvalue weighted by atomic mass is 10.2. The minimum Gasteiger partial charge on any atom is -0.495 e. The molecule has 0 saturated carbocycles. The number of ether oxygens (including phenoxy) is 2. The van der Waals surface area contributed by atoms with E-state index < -0.39 is 16.1 Å². The average Bonchev–Trinajstić information content (AvgIpc) is 2.65. The first-order valence-electron chi connectivity index (χ1n) is 9.15. The molecule has 0 spiro atoms. The lowest BCUT2D eigenvalue weighted by Crippen LogP contribution is -2.48. The molecule has 0 radical (unpaired) electrons. The molecule has 1 aliphatic heterocycles. The minimum atomic E-state index is -3.70. The lowest BCUT2D eigenvalue weighted by molar-refractivity contribution is -0.121. The van der Waals surface area contributed by atoms with Gasteiger partial charge in [0, 0.05) is 19.6 Å². The van der Waals surface area contributed by atoms with Gasteiger partial charge in [0.25, 0.3) is 0 Å². The summed E-state index contributed by atoms with van der Waals surface area (Å²) in [6.45, 7) is 6.14. The van der Waals surface area contributed by atoms with Crippen molar-refractivity contribution in [3.63, 3.8) is 0 Å². The van der Waals surface area contributed by atoms with E-state index in [1.165, 1.54) is 13.2 Å². The number of morpholine rings is 1. The molecule has 2 rings (SSSR count). The summed E-state index contributed by atoms with van der Waals surface area (Å²) in [5.74, 6) is 0.0680. The normalized spacial score (nSPS) is 16.4. The summed E-state index contributed by atoms with van der Waals surface area (Å²) in [7, 11) is -2.22. The van der Waals surface area contributed by atoms with Gasteiger partial charge in [-0.1, -0.05) is 11.6 Å². The van der Waals surface area contributed by atoms with Gasteiger partial charge in [-0.15, -0.1) is 0 Å². The van der Waals surface area contributed by atoms with Crippen molar-refractivity contribution in [3.8, 4) is 5.75 Å². The zero-order valence-corrected chi connectivity index (χ0v) is 18.1. The number of nitrogens with one attached hydrogen (secondary N) is 1. The highest BCUT2D eigenvalue weighted by atomic mass is 35.5. The molecular weight excluding hydrogens is 406 g/mol. The summed E-state index contributed by atoms with van der Waals surface area (Å²) >= 11 is 6.12. The molecule has 0 unspecified atom stereocenters. The average molecular weight is 434 g/mol. The maximum atomic E-state index is 12.6. The van der Waals surface area contributed by atoms with Crippen molar-refractivity contribution in [1.82, 2.24) is 10.2 Å². The molecule has 1 fully saturated rings. The Labute approximate surface area is 171 Å². The van der Waals surface area contributed by atoms with Crippen LogP contribution in [0.2, 0.25) is 5.02 Å². The Morgan fingerprint density at radius 2 is 2.07 bits per heavy atom. The first-order chi connectivity index (χ1) is 13.2. The fraction of sp³-hybridized carbons (Fsp3) is 0.611. The highest BCUT2D eigenvalue weighted by molar-refractivity contribution is 7.92. The van der Waals surface area contributed by atoms with Crippen molar-refractivity contribution < 1.29 is 22.7 Å². The number of halogens is 1. The van der Waals surface area contributed by atoms with Gasteiger partial charge in [0.1, 0.15) is 11.8 Å². The van der Waals surface area contributed by atoms with Crippen LogP contribution in [0.5, 0.6) is 5.75 Å². The molecule has 1 atom stereocenters. The molecule has 1 aromatic carbocycles. The third-order valence-electron chi connectivity index (χ3n) is 4.53. The van der Waals surface area contributed by atoms with Crippen LogP contribution in [0, 0.1) is 0 Å². The van der Waals surface area contributed by atoms with E-state index in [2.05, 4.69) is 10.2 Å². The highest BCUT2D eigenvalue weighted by Gasteiger charge is 2.29. The summed E-state index contributed by atoms with van der Waals surface area (Å²) in [4.78, 5) is 14.8. The minimum absolute atomic E-state index is 0.270. The number of carbonyl (C=O) groups excluding carboxylic acids is 1. The molecule has 1 saturated heterocycles. The van der Waals surface area contributed by atoms with Crippen LogP contribution in [0.15, 0.2) is 18.2 Å². The van der Waals surface area contributed by atoms with E-state index in [1.54, 1.807) is 19.1 Å². The van der Waals surface area contributed by atoms with E-state index >= 15 is 0 Å². The van der Waals surface area contributed by atoms with Crippen LogP contribution in [0.1, 0.15) is 13.3 Å². The van der Waals surface area contributed by atoms with Gasteiger partial charge in [-0.2, -0.15) is 0 Å². The maximum Gasteiger partial charge on any atom is 0.243 e. The van der Waals surface area contributed by atoms with Gasteiger partial charge in [-0.3, -0.25) is 14.0 Å². The molecule has 0 aromatic heterocycles. The number of hydrogen-bond donors (Lipinski definition) is 1. The fourth-order valence-electron chi connectivity index (χ4n) is 3.09. The summed E-state index contributed by atoms with van der Waals surface area (Å²) < 4.78 is 36.1. The number of carbonyl (C=O) groups is 1. The second-order valence-electron chi connectivity index (χ2n) is 6.65. The zero-order chi connectivity index (χ0) is 20.7. The molecule has 1 aromatic rings. The number of nitrogens with zero attached hydrogens (tertiary/aromatic N) is 2. The molecule has 0 aliphatic carbocycles. The van der Waals surface area contributed by atoms with E-state index in [0.29, 0.717) is 18.0 Å². The Hall–Kier alpha value is -1.55. The van der Waals surface area contributed by atoms with E-state index in [1.807, 2.05) is 0 Å². The second-order valence-corrected chi connectivity index (χ2v) is 8.92. The van der Waals surface area contributed by atoms with Gasteiger partial charge in [0.15, 0.2) is 0 Å².